The summed E-state index contributed by atoms with van der Waals surface area (Å²) in [7, 11) is 1.90. The summed E-state index contributed by atoms with van der Waals surface area (Å²) in [5.41, 5.74) is 3.29. The summed E-state index contributed by atoms with van der Waals surface area (Å²) in [4.78, 5) is 6.85. The number of hydrogen-bond acceptors (Lipinski definition) is 5. The second-order valence-electron chi connectivity index (χ2n) is 5.29. The number of H-pyrrole nitrogens is 1. The Kier molecular flexibility index (Phi) is 2.85. The summed E-state index contributed by atoms with van der Waals surface area (Å²) in [6, 6.07) is 6.05. The molecule has 1 atom stereocenters. The molecule has 3 heterocycles. The van der Waals surface area contributed by atoms with Crippen LogP contribution in [0, 0.1) is 0 Å². The van der Waals surface area contributed by atoms with Crippen molar-refractivity contribution in [3.05, 3.63) is 36.2 Å². The van der Waals surface area contributed by atoms with Gasteiger partial charge in [-0.05, 0) is 19.1 Å². The van der Waals surface area contributed by atoms with Gasteiger partial charge in [-0.3, -0.25) is 9.78 Å². The Morgan fingerprint density at radius 1 is 1.32 bits per heavy atom. The van der Waals surface area contributed by atoms with Crippen LogP contribution >= 0.6 is 0 Å². The van der Waals surface area contributed by atoms with Crippen LogP contribution in [0.4, 0.5) is 11.5 Å². The zero-order valence-electron chi connectivity index (χ0n) is 12.5. The minimum Gasteiger partial charge on any atom is -0.332 e. The van der Waals surface area contributed by atoms with Crippen molar-refractivity contribution < 1.29 is 0 Å². The predicted octanol–water partition coefficient (Wildman–Crippen LogP) is 1.95. The van der Waals surface area contributed by atoms with Crippen LogP contribution < -0.4 is 10.2 Å². The number of aromatic nitrogens is 4. The fraction of sp³-hybridized carbons (Fsp3) is 0.267. The number of benzene rings is 1. The van der Waals surface area contributed by atoms with Crippen molar-refractivity contribution in [3.8, 4) is 0 Å². The molecule has 1 aliphatic heterocycles. The van der Waals surface area contributed by atoms with Crippen molar-refractivity contribution in [2.45, 2.75) is 13.2 Å². The first kappa shape index (κ1) is 12.9. The first-order valence-corrected chi connectivity index (χ1v) is 7.28. The summed E-state index contributed by atoms with van der Waals surface area (Å²) in [6.45, 7) is 2.95. The molecule has 2 N–H and O–H groups in total. The van der Waals surface area contributed by atoms with Gasteiger partial charge in [0.2, 0.25) is 0 Å². The van der Waals surface area contributed by atoms with Crippen LogP contribution in [0.1, 0.15) is 12.5 Å². The fourth-order valence-corrected chi connectivity index (χ4v) is 2.87. The van der Waals surface area contributed by atoms with E-state index in [1.54, 1.807) is 4.68 Å². The van der Waals surface area contributed by atoms with E-state index in [0.29, 0.717) is 0 Å². The third-order valence-corrected chi connectivity index (χ3v) is 3.90. The van der Waals surface area contributed by atoms with Gasteiger partial charge in [-0.2, -0.15) is 10.2 Å². The molecular weight excluding hydrogens is 278 g/mol. The molecule has 1 aliphatic rings. The summed E-state index contributed by atoms with van der Waals surface area (Å²) in [5, 5.41) is 16.0. The lowest BCUT2D eigenvalue weighted by Gasteiger charge is -2.34. The second kappa shape index (κ2) is 4.87. The molecule has 3 aromatic rings. The molecule has 1 unspecified atom stereocenters. The minimum atomic E-state index is -0.173. The molecule has 22 heavy (non-hydrogen) atoms. The first-order valence-electron chi connectivity index (χ1n) is 7.28. The third-order valence-electron chi connectivity index (χ3n) is 3.90. The summed E-state index contributed by atoms with van der Waals surface area (Å²) >= 11 is 0. The Morgan fingerprint density at radius 3 is 3.00 bits per heavy atom. The first-order chi connectivity index (χ1) is 10.8. The highest BCUT2D eigenvalue weighted by Gasteiger charge is 2.25. The van der Waals surface area contributed by atoms with Crippen LogP contribution in [0.15, 0.2) is 35.6 Å². The van der Waals surface area contributed by atoms with Gasteiger partial charge >= 0.3 is 0 Å². The van der Waals surface area contributed by atoms with Crippen LogP contribution in [0.3, 0.4) is 0 Å². The lowest BCUT2D eigenvalue weighted by molar-refractivity contribution is 0.679. The highest BCUT2D eigenvalue weighted by molar-refractivity contribution is 6.03. The second-order valence-corrected chi connectivity index (χ2v) is 5.29. The number of rotatable bonds is 3. The topological polar surface area (TPSA) is 74.1 Å². The summed E-state index contributed by atoms with van der Waals surface area (Å²) in [5.74, 6) is 0.811. The normalized spacial score (nSPS) is 17.0. The van der Waals surface area contributed by atoms with Crippen LogP contribution in [0.5, 0.6) is 0 Å². The van der Waals surface area contributed by atoms with E-state index in [2.05, 4.69) is 43.5 Å². The molecule has 1 aromatic carbocycles. The minimum absolute atomic E-state index is 0.173. The highest BCUT2D eigenvalue weighted by atomic mass is 15.4. The van der Waals surface area contributed by atoms with Gasteiger partial charge in [0.25, 0.3) is 0 Å². The summed E-state index contributed by atoms with van der Waals surface area (Å²) in [6.07, 6.45) is 5.52. The van der Waals surface area contributed by atoms with Gasteiger partial charge < -0.3 is 10.2 Å². The van der Waals surface area contributed by atoms with Gasteiger partial charge in [-0.1, -0.05) is 0 Å². The van der Waals surface area contributed by atoms with Crippen molar-refractivity contribution in [1.82, 2.24) is 20.0 Å². The van der Waals surface area contributed by atoms with Crippen molar-refractivity contribution in [3.63, 3.8) is 0 Å². The third kappa shape index (κ3) is 1.93. The number of aliphatic imine (C=N–C) groups is 1. The lowest BCUT2D eigenvalue weighted by Crippen LogP contribution is -2.42. The summed E-state index contributed by atoms with van der Waals surface area (Å²) < 4.78 is 1.77. The molecule has 0 aliphatic carbocycles. The Labute approximate surface area is 127 Å². The van der Waals surface area contributed by atoms with Gasteiger partial charge in [0, 0.05) is 43.0 Å². The monoisotopic (exact) mass is 295 g/mol. The molecule has 4 rings (SSSR count). The van der Waals surface area contributed by atoms with Gasteiger partial charge in [-0.25, -0.2) is 4.99 Å². The van der Waals surface area contributed by atoms with E-state index in [9.17, 15) is 0 Å². The van der Waals surface area contributed by atoms with Crippen molar-refractivity contribution in [2.24, 2.45) is 12.0 Å². The standard InChI is InChI=1S/C15H17N7/c1-3-22-14-10(4-5-12-11(14)9-17-19-12)8-16-15(22)18-13-6-7-21(2)20-13/h4-9,15H,3H2,1-2H3,(H,17,19)(H,18,20). The average Bonchev–Trinajstić information content (AvgIpc) is 3.15. The lowest BCUT2D eigenvalue weighted by atomic mass is 10.1. The van der Waals surface area contributed by atoms with Crippen molar-refractivity contribution in [2.75, 3.05) is 16.8 Å². The van der Waals surface area contributed by atoms with E-state index in [1.165, 1.54) is 0 Å². The van der Waals surface area contributed by atoms with Crippen LogP contribution in [-0.2, 0) is 7.05 Å². The maximum atomic E-state index is 4.63. The number of nitrogens with one attached hydrogen (secondary N) is 2. The Balaban J connectivity index is 1.76. The predicted molar refractivity (Wildman–Crippen MR) is 87.3 cm³/mol. The van der Waals surface area contributed by atoms with Gasteiger partial charge in [0.15, 0.2) is 12.1 Å². The molecule has 0 saturated carbocycles. The smallest absolute Gasteiger partial charge is 0.197 e. The number of fused-ring (bicyclic) bond motifs is 3. The van der Waals surface area contributed by atoms with Crippen molar-refractivity contribution >= 4 is 28.6 Å². The van der Waals surface area contributed by atoms with Gasteiger partial charge in [-0.15, -0.1) is 0 Å². The number of aryl methyl sites for hydroxylation is 1. The fourth-order valence-electron chi connectivity index (χ4n) is 2.87. The van der Waals surface area contributed by atoms with Crippen LogP contribution in [-0.4, -0.2) is 39.0 Å². The van der Waals surface area contributed by atoms with E-state index in [0.717, 1.165) is 34.5 Å². The Morgan fingerprint density at radius 2 is 2.23 bits per heavy atom. The Bertz CT molecular complexity index is 845. The molecule has 0 radical (unpaired) electrons. The maximum absolute atomic E-state index is 4.63. The SMILES string of the molecule is CCN1c2c(ccc3[nH]ncc23)C=NC1Nc1ccn(C)n1. The molecule has 7 heteroatoms. The van der Waals surface area contributed by atoms with E-state index < -0.39 is 0 Å². The van der Waals surface area contributed by atoms with E-state index in [4.69, 9.17) is 0 Å². The van der Waals surface area contributed by atoms with Crippen LogP contribution in [0.25, 0.3) is 10.9 Å². The van der Waals surface area contributed by atoms with E-state index >= 15 is 0 Å². The maximum Gasteiger partial charge on any atom is 0.197 e. The van der Waals surface area contributed by atoms with E-state index in [1.807, 2.05) is 37.8 Å². The zero-order valence-corrected chi connectivity index (χ0v) is 12.5. The molecule has 0 amide bonds. The zero-order chi connectivity index (χ0) is 15.1. The Hall–Kier alpha value is -2.83. The number of anilines is 2. The molecule has 0 spiro atoms. The molecule has 0 fully saturated rings. The van der Waals surface area contributed by atoms with Crippen molar-refractivity contribution in [1.29, 1.82) is 0 Å². The number of hydrogen-bond donors (Lipinski definition) is 2. The van der Waals surface area contributed by atoms with Gasteiger partial charge in [0.1, 0.15) is 0 Å². The van der Waals surface area contributed by atoms with E-state index in [-0.39, 0.29) is 6.29 Å². The van der Waals surface area contributed by atoms with Gasteiger partial charge in [0.05, 0.1) is 17.4 Å². The molecular formula is C15H17N7. The quantitative estimate of drug-likeness (QED) is 0.774. The molecule has 2 aromatic heterocycles. The molecule has 112 valence electrons. The average molecular weight is 295 g/mol. The van der Waals surface area contributed by atoms with Crippen LogP contribution in [0.2, 0.25) is 0 Å². The highest BCUT2D eigenvalue weighted by Crippen LogP contribution is 2.33. The molecule has 0 saturated heterocycles. The number of nitrogens with zero attached hydrogens (tertiary/aromatic N) is 5. The molecule has 7 nitrogen and oxygen atoms in total. The molecule has 0 bridgehead atoms. The number of aromatic amines is 1. The largest absolute Gasteiger partial charge is 0.332 e.